The highest BCUT2D eigenvalue weighted by molar-refractivity contribution is 6.00. The van der Waals surface area contributed by atoms with Gasteiger partial charge in [0.05, 0.1) is 12.3 Å². The number of nitrogens with zero attached hydrogens (tertiary/aromatic N) is 2. The Bertz CT molecular complexity index is 772. The third-order valence-electron chi connectivity index (χ3n) is 5.33. The van der Waals surface area contributed by atoms with Gasteiger partial charge in [0.1, 0.15) is 0 Å². The third kappa shape index (κ3) is 5.69. The summed E-state index contributed by atoms with van der Waals surface area (Å²) in [4.78, 5) is 17.2. The Labute approximate surface area is 168 Å². The van der Waals surface area contributed by atoms with Crippen LogP contribution in [0.2, 0.25) is 0 Å². The van der Waals surface area contributed by atoms with Gasteiger partial charge in [0, 0.05) is 44.2 Å². The van der Waals surface area contributed by atoms with Crippen molar-refractivity contribution in [1.29, 1.82) is 0 Å². The van der Waals surface area contributed by atoms with Crippen LogP contribution in [0.25, 0.3) is 10.8 Å². The number of hydrogen-bond acceptors (Lipinski definition) is 4. The zero-order valence-electron chi connectivity index (χ0n) is 17.4. The molecule has 0 aromatic heterocycles. The highest BCUT2D eigenvalue weighted by Crippen LogP contribution is 2.23. The molecule has 5 nitrogen and oxygen atoms in total. The third-order valence-corrected chi connectivity index (χ3v) is 5.33. The van der Waals surface area contributed by atoms with Gasteiger partial charge in [0.25, 0.3) is 0 Å². The summed E-state index contributed by atoms with van der Waals surface area (Å²) in [6.07, 6.45) is 0.478. The lowest BCUT2D eigenvalue weighted by molar-refractivity contribution is 0.0692. The summed E-state index contributed by atoms with van der Waals surface area (Å²) in [7, 11) is 0. The van der Waals surface area contributed by atoms with Crippen LogP contribution in [0.5, 0.6) is 0 Å². The van der Waals surface area contributed by atoms with Crippen LogP contribution in [0.15, 0.2) is 42.5 Å². The first kappa shape index (κ1) is 20.6. The van der Waals surface area contributed by atoms with Gasteiger partial charge in [-0.25, -0.2) is 4.79 Å². The molecule has 1 atom stereocenters. The minimum atomic E-state index is -0.383. The fourth-order valence-corrected chi connectivity index (χ4v) is 3.95. The van der Waals surface area contributed by atoms with Crippen LogP contribution < -0.4 is 5.32 Å². The first-order valence-electron chi connectivity index (χ1n) is 10.4. The zero-order chi connectivity index (χ0) is 19.9. The number of hydrogen-bond donors (Lipinski definition) is 1. The Morgan fingerprint density at radius 3 is 2.75 bits per heavy atom. The number of piperazine rings is 1. The van der Waals surface area contributed by atoms with Gasteiger partial charge >= 0.3 is 6.09 Å². The molecule has 28 heavy (non-hydrogen) atoms. The molecule has 1 aliphatic rings. The molecular weight excluding hydrogens is 350 g/mol. The smallest absolute Gasteiger partial charge is 0.411 e. The topological polar surface area (TPSA) is 44.8 Å². The van der Waals surface area contributed by atoms with Gasteiger partial charge in [0.2, 0.25) is 0 Å². The molecule has 0 unspecified atom stereocenters. The summed E-state index contributed by atoms with van der Waals surface area (Å²) in [5.74, 6) is 0.711. The van der Waals surface area contributed by atoms with Crippen molar-refractivity contribution in [3.05, 3.63) is 42.5 Å². The van der Waals surface area contributed by atoms with Crippen molar-refractivity contribution in [1.82, 2.24) is 9.80 Å². The van der Waals surface area contributed by atoms with E-state index in [0.29, 0.717) is 18.6 Å². The summed E-state index contributed by atoms with van der Waals surface area (Å²) < 4.78 is 5.40. The van der Waals surface area contributed by atoms with Crippen molar-refractivity contribution in [3.63, 3.8) is 0 Å². The Hall–Kier alpha value is -2.11. The number of benzene rings is 2. The summed E-state index contributed by atoms with van der Waals surface area (Å²) in [5, 5.41) is 5.00. The minimum absolute atomic E-state index is 0.383. The molecule has 1 aliphatic heterocycles. The van der Waals surface area contributed by atoms with Crippen LogP contribution in [0, 0.1) is 5.92 Å². The van der Waals surface area contributed by atoms with Crippen molar-refractivity contribution in [2.24, 2.45) is 5.92 Å². The molecule has 1 heterocycles. The lowest BCUT2D eigenvalue weighted by Gasteiger charge is -2.40. The number of carbonyl (C=O) groups excluding carboxylic acids is 1. The van der Waals surface area contributed by atoms with Crippen LogP contribution >= 0.6 is 0 Å². The lowest BCUT2D eigenvalue weighted by Crippen LogP contribution is -2.52. The number of fused-ring (bicyclic) bond motifs is 1. The maximum absolute atomic E-state index is 12.2. The molecule has 5 heteroatoms. The first-order chi connectivity index (χ1) is 13.5. The molecule has 3 rings (SSSR count). The SMILES string of the molecule is CC(C)CN1CCN(CCCOC(=O)Nc2cccc3ccccc23)C[C@@H]1C. The second-order valence-corrected chi connectivity index (χ2v) is 8.18. The van der Waals surface area contributed by atoms with E-state index in [9.17, 15) is 4.79 Å². The number of rotatable bonds is 7. The number of amides is 1. The van der Waals surface area contributed by atoms with E-state index in [2.05, 4.69) is 35.9 Å². The van der Waals surface area contributed by atoms with E-state index in [4.69, 9.17) is 4.74 Å². The van der Waals surface area contributed by atoms with E-state index >= 15 is 0 Å². The molecule has 1 N–H and O–H groups in total. The normalized spacial score (nSPS) is 18.5. The first-order valence-corrected chi connectivity index (χ1v) is 10.4. The summed E-state index contributed by atoms with van der Waals surface area (Å²) >= 11 is 0. The molecule has 1 amide bonds. The number of ether oxygens (including phenoxy) is 1. The molecule has 0 spiro atoms. The van der Waals surface area contributed by atoms with Crippen molar-refractivity contribution >= 4 is 22.6 Å². The van der Waals surface area contributed by atoms with E-state index in [-0.39, 0.29) is 6.09 Å². The highest BCUT2D eigenvalue weighted by atomic mass is 16.5. The Balaban J connectivity index is 1.38. The van der Waals surface area contributed by atoms with Gasteiger partial charge in [-0.3, -0.25) is 10.2 Å². The van der Waals surface area contributed by atoms with Gasteiger partial charge in [-0.1, -0.05) is 50.2 Å². The molecule has 2 aromatic rings. The fourth-order valence-electron chi connectivity index (χ4n) is 3.95. The van der Waals surface area contributed by atoms with E-state index in [1.165, 1.54) is 6.54 Å². The summed E-state index contributed by atoms with van der Waals surface area (Å²) in [6, 6.07) is 14.5. The predicted molar refractivity (Wildman–Crippen MR) is 116 cm³/mol. The van der Waals surface area contributed by atoms with Crippen LogP contribution in [0.3, 0.4) is 0 Å². The predicted octanol–water partition coefficient (Wildman–Crippen LogP) is 4.44. The molecule has 0 bridgehead atoms. The minimum Gasteiger partial charge on any atom is -0.449 e. The van der Waals surface area contributed by atoms with Gasteiger partial charge in [-0.2, -0.15) is 0 Å². The second kappa shape index (κ2) is 9.89. The fraction of sp³-hybridized carbons (Fsp3) is 0.522. The maximum Gasteiger partial charge on any atom is 0.411 e. The lowest BCUT2D eigenvalue weighted by atomic mass is 10.1. The number of carbonyl (C=O) groups is 1. The van der Waals surface area contributed by atoms with Crippen LogP contribution in [-0.2, 0) is 4.74 Å². The van der Waals surface area contributed by atoms with E-state index in [1.54, 1.807) is 0 Å². The standard InChI is InChI=1S/C23H33N3O2/c1-18(2)16-26-14-13-25(17-19(26)3)12-7-15-28-23(27)24-22-11-6-9-20-8-4-5-10-21(20)22/h4-6,8-11,18-19H,7,12-17H2,1-3H3,(H,24,27)/t19-/m0/s1. The van der Waals surface area contributed by atoms with Crippen molar-refractivity contribution < 1.29 is 9.53 Å². The van der Waals surface area contributed by atoms with Crippen LogP contribution in [0.1, 0.15) is 27.2 Å². The molecule has 152 valence electrons. The molecule has 2 aromatic carbocycles. The van der Waals surface area contributed by atoms with Gasteiger partial charge in [-0.15, -0.1) is 0 Å². The molecular formula is C23H33N3O2. The monoisotopic (exact) mass is 383 g/mol. The number of nitrogens with one attached hydrogen (secondary N) is 1. The Kier molecular flexibility index (Phi) is 7.29. The average molecular weight is 384 g/mol. The Morgan fingerprint density at radius 2 is 1.96 bits per heavy atom. The average Bonchev–Trinajstić information content (AvgIpc) is 2.67. The molecule has 0 aliphatic carbocycles. The van der Waals surface area contributed by atoms with E-state index in [1.807, 2.05) is 42.5 Å². The van der Waals surface area contributed by atoms with Crippen molar-refractivity contribution in [2.75, 3.05) is 44.6 Å². The Morgan fingerprint density at radius 1 is 1.18 bits per heavy atom. The molecule has 1 saturated heterocycles. The second-order valence-electron chi connectivity index (χ2n) is 8.18. The van der Waals surface area contributed by atoms with Gasteiger partial charge in [0.15, 0.2) is 0 Å². The summed E-state index contributed by atoms with van der Waals surface area (Å²) in [5.41, 5.74) is 0.790. The van der Waals surface area contributed by atoms with Crippen LogP contribution in [-0.4, -0.2) is 61.3 Å². The quantitative estimate of drug-likeness (QED) is 0.718. The maximum atomic E-state index is 12.2. The van der Waals surface area contributed by atoms with Gasteiger partial charge < -0.3 is 9.64 Å². The number of anilines is 1. The molecule has 0 saturated carbocycles. The van der Waals surface area contributed by atoms with E-state index < -0.39 is 0 Å². The molecule has 1 fully saturated rings. The van der Waals surface area contributed by atoms with E-state index in [0.717, 1.165) is 49.1 Å². The van der Waals surface area contributed by atoms with Crippen molar-refractivity contribution in [3.8, 4) is 0 Å². The zero-order valence-corrected chi connectivity index (χ0v) is 17.4. The highest BCUT2D eigenvalue weighted by Gasteiger charge is 2.23. The molecule has 0 radical (unpaired) electrons. The largest absolute Gasteiger partial charge is 0.449 e. The van der Waals surface area contributed by atoms with Crippen molar-refractivity contribution in [2.45, 2.75) is 33.2 Å². The summed E-state index contributed by atoms with van der Waals surface area (Å²) in [6.45, 7) is 12.8. The van der Waals surface area contributed by atoms with Gasteiger partial charge in [-0.05, 0) is 30.7 Å². The van der Waals surface area contributed by atoms with Crippen LogP contribution in [0.4, 0.5) is 10.5 Å².